The molecule has 3 heterocycles. The fourth-order valence-electron chi connectivity index (χ4n) is 3.09. The van der Waals surface area contributed by atoms with Crippen LogP contribution in [0.15, 0.2) is 34.9 Å². The summed E-state index contributed by atoms with van der Waals surface area (Å²) in [7, 11) is 0. The van der Waals surface area contributed by atoms with Crippen molar-refractivity contribution in [2.75, 3.05) is 39.4 Å². The van der Waals surface area contributed by atoms with E-state index in [1.54, 1.807) is 34.1 Å². The summed E-state index contributed by atoms with van der Waals surface area (Å²) in [5.74, 6) is 0.962. The van der Waals surface area contributed by atoms with Gasteiger partial charge in [0.05, 0.1) is 11.3 Å². The zero-order valence-corrected chi connectivity index (χ0v) is 14.7. The number of carbonyl (C=O) groups is 2. The van der Waals surface area contributed by atoms with Gasteiger partial charge in [-0.25, -0.2) is 0 Å². The molecule has 1 saturated heterocycles. The van der Waals surface area contributed by atoms with Crippen LogP contribution in [0.25, 0.3) is 0 Å². The van der Waals surface area contributed by atoms with E-state index in [4.69, 9.17) is 25.5 Å². The van der Waals surface area contributed by atoms with Crippen molar-refractivity contribution in [1.29, 1.82) is 0 Å². The predicted molar refractivity (Wildman–Crippen MR) is 93.0 cm³/mol. The summed E-state index contributed by atoms with van der Waals surface area (Å²) >= 11 is 6.21. The second-order valence-electron chi connectivity index (χ2n) is 6.04. The van der Waals surface area contributed by atoms with Gasteiger partial charge in [0.1, 0.15) is 13.2 Å². The molecule has 26 heavy (non-hydrogen) atoms. The summed E-state index contributed by atoms with van der Waals surface area (Å²) in [6.07, 6.45) is 1.47. The summed E-state index contributed by atoms with van der Waals surface area (Å²) in [6.45, 7) is 2.64. The molecule has 0 atom stereocenters. The summed E-state index contributed by atoms with van der Waals surface area (Å²) in [4.78, 5) is 28.5. The number of carbonyl (C=O) groups excluding carboxylic acids is 2. The molecule has 1 fully saturated rings. The van der Waals surface area contributed by atoms with Crippen LogP contribution < -0.4 is 9.47 Å². The Labute approximate surface area is 155 Å². The number of rotatable bonds is 2. The second kappa shape index (κ2) is 6.92. The third kappa shape index (κ3) is 3.10. The van der Waals surface area contributed by atoms with Gasteiger partial charge in [0.2, 0.25) is 0 Å². The minimum atomic E-state index is -0.163. The molecule has 1 aromatic heterocycles. The van der Waals surface area contributed by atoms with Gasteiger partial charge in [-0.3, -0.25) is 9.59 Å². The standard InChI is InChI=1S/C18H17ClN2O5/c19-13-10-12(11-15-16(13)26-9-8-25-15)17(22)20-3-5-21(6-4-20)18(23)14-2-1-7-24-14/h1-2,7,10-11H,3-6,8-9H2. The topological polar surface area (TPSA) is 72.2 Å². The minimum Gasteiger partial charge on any atom is -0.486 e. The maximum atomic E-state index is 12.8. The Bertz CT molecular complexity index is 828. The van der Waals surface area contributed by atoms with Crippen LogP contribution in [0.4, 0.5) is 0 Å². The summed E-state index contributed by atoms with van der Waals surface area (Å²) < 4.78 is 16.2. The molecule has 7 nitrogen and oxygen atoms in total. The van der Waals surface area contributed by atoms with Crippen molar-refractivity contribution in [3.63, 3.8) is 0 Å². The van der Waals surface area contributed by atoms with Crippen LogP contribution in [0.5, 0.6) is 11.5 Å². The van der Waals surface area contributed by atoms with Crippen LogP contribution in [0.3, 0.4) is 0 Å². The van der Waals surface area contributed by atoms with E-state index in [9.17, 15) is 9.59 Å². The maximum Gasteiger partial charge on any atom is 0.289 e. The average molecular weight is 377 g/mol. The van der Waals surface area contributed by atoms with Gasteiger partial charge in [0, 0.05) is 31.7 Å². The quantitative estimate of drug-likeness (QED) is 0.804. The molecule has 0 spiro atoms. The highest BCUT2D eigenvalue weighted by Gasteiger charge is 2.28. The average Bonchev–Trinajstić information content (AvgIpc) is 3.22. The molecule has 0 saturated carbocycles. The van der Waals surface area contributed by atoms with Gasteiger partial charge in [-0.15, -0.1) is 0 Å². The van der Waals surface area contributed by atoms with Gasteiger partial charge in [-0.1, -0.05) is 11.6 Å². The first-order chi connectivity index (χ1) is 12.6. The molecule has 1 aromatic carbocycles. The zero-order chi connectivity index (χ0) is 18.1. The number of hydrogen-bond donors (Lipinski definition) is 0. The van der Waals surface area contributed by atoms with Gasteiger partial charge in [-0.2, -0.15) is 0 Å². The van der Waals surface area contributed by atoms with E-state index in [2.05, 4.69) is 0 Å². The van der Waals surface area contributed by atoms with Crippen molar-refractivity contribution >= 4 is 23.4 Å². The predicted octanol–water partition coefficient (Wildman–Crippen LogP) is 2.30. The molecule has 136 valence electrons. The monoisotopic (exact) mass is 376 g/mol. The van der Waals surface area contributed by atoms with E-state index in [1.807, 2.05) is 0 Å². The van der Waals surface area contributed by atoms with Gasteiger partial charge >= 0.3 is 0 Å². The summed E-state index contributed by atoms with van der Waals surface area (Å²) in [5.41, 5.74) is 0.449. The largest absolute Gasteiger partial charge is 0.486 e. The molecule has 0 N–H and O–H groups in total. The fourth-order valence-corrected chi connectivity index (χ4v) is 3.35. The van der Waals surface area contributed by atoms with Gasteiger partial charge in [0.25, 0.3) is 11.8 Å². The van der Waals surface area contributed by atoms with E-state index in [1.165, 1.54) is 6.26 Å². The van der Waals surface area contributed by atoms with Gasteiger partial charge in [0.15, 0.2) is 17.3 Å². The summed E-state index contributed by atoms with van der Waals surface area (Å²) in [5, 5.41) is 0.359. The van der Waals surface area contributed by atoms with Gasteiger partial charge < -0.3 is 23.7 Å². The van der Waals surface area contributed by atoms with Crippen molar-refractivity contribution in [2.45, 2.75) is 0 Å². The number of ether oxygens (including phenoxy) is 2. The van der Waals surface area contributed by atoms with Crippen molar-refractivity contribution < 1.29 is 23.5 Å². The van der Waals surface area contributed by atoms with Crippen molar-refractivity contribution in [2.24, 2.45) is 0 Å². The number of piperazine rings is 1. The fraction of sp³-hybridized carbons (Fsp3) is 0.333. The van der Waals surface area contributed by atoms with E-state index in [0.29, 0.717) is 67.2 Å². The van der Waals surface area contributed by atoms with Crippen LogP contribution in [-0.2, 0) is 0 Å². The maximum absolute atomic E-state index is 12.8. The normalized spacial score (nSPS) is 16.5. The Morgan fingerprint density at radius 3 is 2.35 bits per heavy atom. The molecule has 2 amide bonds. The molecule has 2 aliphatic rings. The highest BCUT2D eigenvalue weighted by Crippen LogP contribution is 2.38. The Kier molecular flexibility index (Phi) is 4.46. The van der Waals surface area contributed by atoms with Crippen LogP contribution in [-0.4, -0.2) is 61.0 Å². The molecule has 2 aromatic rings. The second-order valence-corrected chi connectivity index (χ2v) is 6.45. The van der Waals surface area contributed by atoms with E-state index in [0.717, 1.165) is 0 Å². The van der Waals surface area contributed by atoms with Crippen molar-refractivity contribution in [3.8, 4) is 11.5 Å². The Hall–Kier alpha value is -2.67. The first-order valence-electron chi connectivity index (χ1n) is 8.34. The summed E-state index contributed by atoms with van der Waals surface area (Å²) in [6, 6.07) is 6.57. The molecule has 8 heteroatoms. The minimum absolute atomic E-state index is 0.144. The SMILES string of the molecule is O=C(c1cc(Cl)c2c(c1)OCCO2)N1CCN(C(=O)c2ccco2)CC1. The Morgan fingerprint density at radius 2 is 1.65 bits per heavy atom. The lowest BCUT2D eigenvalue weighted by Crippen LogP contribution is -2.50. The van der Waals surface area contributed by atoms with Crippen molar-refractivity contribution in [1.82, 2.24) is 9.80 Å². The number of furan rings is 1. The molecular weight excluding hydrogens is 360 g/mol. The molecular formula is C18H17ClN2O5. The molecule has 0 radical (unpaired) electrons. The lowest BCUT2D eigenvalue weighted by atomic mass is 10.1. The first-order valence-corrected chi connectivity index (χ1v) is 8.72. The van der Waals surface area contributed by atoms with Crippen molar-refractivity contribution in [3.05, 3.63) is 46.9 Å². The number of nitrogens with zero attached hydrogens (tertiary/aromatic N) is 2. The third-order valence-corrected chi connectivity index (χ3v) is 4.71. The molecule has 2 aliphatic heterocycles. The van der Waals surface area contributed by atoms with E-state index < -0.39 is 0 Å². The molecule has 0 unspecified atom stereocenters. The van der Waals surface area contributed by atoms with Gasteiger partial charge in [-0.05, 0) is 24.3 Å². The number of benzene rings is 1. The van der Waals surface area contributed by atoms with Crippen LogP contribution >= 0.6 is 11.6 Å². The number of hydrogen-bond acceptors (Lipinski definition) is 5. The lowest BCUT2D eigenvalue weighted by molar-refractivity contribution is 0.0517. The van der Waals surface area contributed by atoms with E-state index in [-0.39, 0.29) is 11.8 Å². The van der Waals surface area contributed by atoms with Crippen LogP contribution in [0.2, 0.25) is 5.02 Å². The molecule has 0 aliphatic carbocycles. The van der Waals surface area contributed by atoms with Crippen LogP contribution in [0, 0.1) is 0 Å². The molecule has 0 bridgehead atoms. The number of amides is 2. The zero-order valence-electron chi connectivity index (χ0n) is 13.9. The van der Waals surface area contributed by atoms with E-state index >= 15 is 0 Å². The lowest BCUT2D eigenvalue weighted by Gasteiger charge is -2.34. The first kappa shape index (κ1) is 16.8. The Morgan fingerprint density at radius 1 is 0.962 bits per heavy atom. The third-order valence-electron chi connectivity index (χ3n) is 4.43. The number of halogens is 1. The van der Waals surface area contributed by atoms with Crippen LogP contribution in [0.1, 0.15) is 20.9 Å². The smallest absolute Gasteiger partial charge is 0.289 e. The molecule has 4 rings (SSSR count). The Balaban J connectivity index is 1.44. The number of fused-ring (bicyclic) bond motifs is 1. The highest BCUT2D eigenvalue weighted by molar-refractivity contribution is 6.32. The highest BCUT2D eigenvalue weighted by atomic mass is 35.5.